The largest absolute Gasteiger partial charge is 0.382 e. The van der Waals surface area contributed by atoms with Crippen molar-refractivity contribution < 1.29 is 4.74 Å². The Morgan fingerprint density at radius 2 is 2.29 bits per heavy atom. The molecule has 17 heavy (non-hydrogen) atoms. The van der Waals surface area contributed by atoms with Gasteiger partial charge in [-0.3, -0.25) is 10.4 Å². The molecular formula is C12H26N4O. The minimum absolute atomic E-state index is 0.520. The number of hydrogen-bond acceptors (Lipinski definition) is 3. The Morgan fingerprint density at radius 3 is 2.82 bits per heavy atom. The quantitative estimate of drug-likeness (QED) is 0.248. The normalized spacial score (nSPS) is 25.4. The zero-order chi connectivity index (χ0) is 12.7. The molecule has 0 aliphatic carbocycles. The van der Waals surface area contributed by atoms with Crippen molar-refractivity contribution in [3.63, 3.8) is 0 Å². The molecule has 0 aromatic heterocycles. The van der Waals surface area contributed by atoms with Gasteiger partial charge < -0.3 is 9.64 Å². The van der Waals surface area contributed by atoms with Crippen LogP contribution in [0.3, 0.4) is 0 Å². The van der Waals surface area contributed by atoms with Crippen molar-refractivity contribution in [2.45, 2.75) is 39.7 Å². The monoisotopic (exact) mass is 242 g/mol. The topological polar surface area (TPSA) is 62.9 Å². The molecule has 0 bridgehead atoms. The van der Waals surface area contributed by atoms with Gasteiger partial charge in [0.15, 0.2) is 0 Å². The van der Waals surface area contributed by atoms with E-state index in [1.165, 1.54) is 6.42 Å². The van der Waals surface area contributed by atoms with E-state index in [0.29, 0.717) is 12.0 Å². The summed E-state index contributed by atoms with van der Waals surface area (Å²) in [6.07, 6.45) is 2.15. The number of nitrogens with one attached hydrogen (secondary N) is 1. The van der Waals surface area contributed by atoms with E-state index in [-0.39, 0.29) is 0 Å². The molecule has 0 radical (unpaired) electrons. The van der Waals surface area contributed by atoms with Crippen LogP contribution in [0.15, 0.2) is 4.99 Å². The molecule has 0 aromatic carbocycles. The lowest BCUT2D eigenvalue weighted by atomic mass is 10.1. The maximum atomic E-state index is 5.55. The van der Waals surface area contributed by atoms with Gasteiger partial charge in [-0.25, -0.2) is 5.84 Å². The summed E-state index contributed by atoms with van der Waals surface area (Å²) in [6, 6.07) is 0.520. The maximum absolute atomic E-state index is 5.55. The highest BCUT2D eigenvalue weighted by molar-refractivity contribution is 5.80. The van der Waals surface area contributed by atoms with Crippen LogP contribution >= 0.6 is 0 Å². The van der Waals surface area contributed by atoms with Crippen molar-refractivity contribution in [1.82, 2.24) is 10.3 Å². The molecule has 1 fully saturated rings. The smallest absolute Gasteiger partial charge is 0.208 e. The first-order chi connectivity index (χ1) is 8.19. The molecule has 0 amide bonds. The van der Waals surface area contributed by atoms with Crippen molar-refractivity contribution >= 4 is 5.96 Å². The summed E-state index contributed by atoms with van der Waals surface area (Å²) < 4.78 is 5.28. The second kappa shape index (κ2) is 7.50. The van der Waals surface area contributed by atoms with E-state index in [2.05, 4.69) is 29.2 Å². The van der Waals surface area contributed by atoms with Crippen molar-refractivity contribution in [1.29, 1.82) is 0 Å². The molecule has 5 nitrogen and oxygen atoms in total. The van der Waals surface area contributed by atoms with Crippen molar-refractivity contribution in [3.05, 3.63) is 0 Å². The molecule has 1 aliphatic rings. The van der Waals surface area contributed by atoms with Crippen LogP contribution in [-0.2, 0) is 4.74 Å². The van der Waals surface area contributed by atoms with Crippen LogP contribution in [0.1, 0.15) is 33.6 Å². The van der Waals surface area contributed by atoms with Crippen LogP contribution in [0.2, 0.25) is 0 Å². The summed E-state index contributed by atoms with van der Waals surface area (Å²) in [5.74, 6) is 7.08. The standard InChI is InChI=1S/C12H26N4O/c1-4-17-7-5-6-14-12(15-13)16-9-10(2)8-11(16)3/h10-11H,4-9,13H2,1-3H3,(H,14,15). The first-order valence-electron chi connectivity index (χ1n) is 6.54. The van der Waals surface area contributed by atoms with Crippen LogP contribution in [0.25, 0.3) is 0 Å². The summed E-state index contributed by atoms with van der Waals surface area (Å²) >= 11 is 0. The Balaban J connectivity index is 2.38. The Morgan fingerprint density at radius 1 is 1.53 bits per heavy atom. The van der Waals surface area contributed by atoms with Gasteiger partial charge in [0.1, 0.15) is 0 Å². The van der Waals surface area contributed by atoms with E-state index >= 15 is 0 Å². The van der Waals surface area contributed by atoms with Gasteiger partial charge in [-0.15, -0.1) is 0 Å². The minimum atomic E-state index is 0.520. The molecule has 1 saturated heterocycles. The number of hydrogen-bond donors (Lipinski definition) is 2. The average Bonchev–Trinajstić information content (AvgIpc) is 2.63. The van der Waals surface area contributed by atoms with Crippen LogP contribution in [0.4, 0.5) is 0 Å². The van der Waals surface area contributed by atoms with Crippen LogP contribution in [0, 0.1) is 5.92 Å². The summed E-state index contributed by atoms with van der Waals surface area (Å²) in [5.41, 5.74) is 2.72. The van der Waals surface area contributed by atoms with Crippen molar-refractivity contribution in [2.75, 3.05) is 26.3 Å². The van der Waals surface area contributed by atoms with E-state index in [1.54, 1.807) is 0 Å². The van der Waals surface area contributed by atoms with E-state index in [4.69, 9.17) is 10.6 Å². The van der Waals surface area contributed by atoms with Crippen LogP contribution in [0.5, 0.6) is 0 Å². The Labute approximate surface area is 104 Å². The summed E-state index contributed by atoms with van der Waals surface area (Å²) in [7, 11) is 0. The fourth-order valence-corrected chi connectivity index (χ4v) is 2.31. The number of ether oxygens (including phenoxy) is 1. The zero-order valence-electron chi connectivity index (χ0n) is 11.3. The molecule has 5 heteroatoms. The number of likely N-dealkylation sites (tertiary alicyclic amines) is 1. The van der Waals surface area contributed by atoms with Gasteiger partial charge in [0.2, 0.25) is 5.96 Å². The lowest BCUT2D eigenvalue weighted by Gasteiger charge is -2.24. The molecule has 1 aliphatic heterocycles. The lowest BCUT2D eigenvalue weighted by molar-refractivity contribution is 0.146. The highest BCUT2D eigenvalue weighted by atomic mass is 16.5. The summed E-state index contributed by atoms with van der Waals surface area (Å²) in [6.45, 7) is 9.82. The Kier molecular flexibility index (Phi) is 6.29. The zero-order valence-corrected chi connectivity index (χ0v) is 11.3. The fraction of sp³-hybridized carbons (Fsp3) is 0.917. The molecule has 100 valence electrons. The average molecular weight is 242 g/mol. The van der Waals surface area contributed by atoms with Gasteiger partial charge in [0.25, 0.3) is 0 Å². The molecule has 1 heterocycles. The highest BCUT2D eigenvalue weighted by Crippen LogP contribution is 2.21. The van der Waals surface area contributed by atoms with Gasteiger partial charge in [0.05, 0.1) is 0 Å². The van der Waals surface area contributed by atoms with E-state index in [1.807, 2.05) is 6.92 Å². The van der Waals surface area contributed by atoms with Gasteiger partial charge >= 0.3 is 0 Å². The number of nitrogens with two attached hydrogens (primary N) is 1. The van der Waals surface area contributed by atoms with Crippen LogP contribution < -0.4 is 11.3 Å². The summed E-state index contributed by atoms with van der Waals surface area (Å²) in [4.78, 5) is 6.76. The molecule has 0 aromatic rings. The third-order valence-corrected chi connectivity index (χ3v) is 3.10. The predicted molar refractivity (Wildman–Crippen MR) is 70.7 cm³/mol. The fourth-order valence-electron chi connectivity index (χ4n) is 2.31. The van der Waals surface area contributed by atoms with Crippen molar-refractivity contribution in [3.8, 4) is 0 Å². The van der Waals surface area contributed by atoms with E-state index < -0.39 is 0 Å². The van der Waals surface area contributed by atoms with Crippen molar-refractivity contribution in [2.24, 2.45) is 16.8 Å². The van der Waals surface area contributed by atoms with Gasteiger partial charge in [-0.2, -0.15) is 0 Å². The van der Waals surface area contributed by atoms with E-state index in [9.17, 15) is 0 Å². The second-order valence-corrected chi connectivity index (χ2v) is 4.74. The first kappa shape index (κ1) is 14.3. The second-order valence-electron chi connectivity index (χ2n) is 4.74. The predicted octanol–water partition coefficient (Wildman–Crippen LogP) is 0.963. The molecular weight excluding hydrogens is 216 g/mol. The lowest BCUT2D eigenvalue weighted by Crippen LogP contribution is -2.46. The maximum Gasteiger partial charge on any atom is 0.208 e. The van der Waals surface area contributed by atoms with E-state index in [0.717, 1.165) is 38.7 Å². The number of rotatable bonds is 5. The first-order valence-corrected chi connectivity index (χ1v) is 6.54. The highest BCUT2D eigenvalue weighted by Gasteiger charge is 2.28. The molecule has 0 spiro atoms. The van der Waals surface area contributed by atoms with Gasteiger partial charge in [-0.1, -0.05) is 6.92 Å². The molecule has 2 unspecified atom stereocenters. The third-order valence-electron chi connectivity index (χ3n) is 3.10. The molecule has 3 N–H and O–H groups in total. The Hall–Kier alpha value is -0.810. The number of nitrogens with zero attached hydrogens (tertiary/aromatic N) is 2. The molecule has 2 atom stereocenters. The number of aliphatic imine (C=N–C) groups is 1. The van der Waals surface area contributed by atoms with Crippen LogP contribution in [-0.4, -0.2) is 43.2 Å². The van der Waals surface area contributed by atoms with Gasteiger partial charge in [-0.05, 0) is 32.6 Å². The molecule has 0 saturated carbocycles. The number of hydrazine groups is 1. The molecule has 1 rings (SSSR count). The minimum Gasteiger partial charge on any atom is -0.382 e. The summed E-state index contributed by atoms with van der Waals surface area (Å²) in [5, 5.41) is 0. The van der Waals surface area contributed by atoms with Gasteiger partial charge in [0, 0.05) is 32.3 Å². The SMILES string of the molecule is CCOCCCN=C(NN)N1CC(C)CC1C. The Bertz CT molecular complexity index is 245. The third kappa shape index (κ3) is 4.52. The number of guanidine groups is 1.